The normalized spacial score (nSPS) is 16.6. The molecule has 0 amide bonds. The molecule has 0 bridgehead atoms. The summed E-state index contributed by atoms with van der Waals surface area (Å²) in [4.78, 5) is 15.7. The molecule has 1 fully saturated rings. The molecule has 0 aromatic heterocycles. The van der Waals surface area contributed by atoms with Crippen molar-refractivity contribution in [3.8, 4) is 0 Å². The van der Waals surface area contributed by atoms with Crippen molar-refractivity contribution in [2.24, 2.45) is 0 Å². The van der Waals surface area contributed by atoms with Gasteiger partial charge in [-0.2, -0.15) is 0 Å². The van der Waals surface area contributed by atoms with Crippen LogP contribution in [0, 0.1) is 0 Å². The molecule has 120 valence electrons. The summed E-state index contributed by atoms with van der Waals surface area (Å²) in [5.74, 6) is 0. The van der Waals surface area contributed by atoms with E-state index >= 15 is 0 Å². The molecule has 2 aromatic carbocycles. The van der Waals surface area contributed by atoms with Gasteiger partial charge in [-0.1, -0.05) is 60.7 Å². The monoisotopic (exact) mass is 328 g/mol. The Morgan fingerprint density at radius 3 is 1.78 bits per heavy atom. The maximum absolute atomic E-state index is 11.1. The first-order chi connectivity index (χ1) is 11.2. The first kappa shape index (κ1) is 16.2. The minimum Gasteiger partial charge on any atom is -0.292 e. The summed E-state index contributed by atoms with van der Waals surface area (Å²) in [6.45, 7) is 3.94. The Balaban J connectivity index is 1.79. The molecule has 1 aliphatic heterocycles. The molecule has 0 spiro atoms. The standard InChI is InChI=1S/C19H21ClN2O/c20-18(23)15-21-11-13-22(14-12-21)19(16-7-3-1-4-8-16)17-9-5-2-6-10-17/h1-10,19H,11-15H2. The van der Waals surface area contributed by atoms with E-state index in [0.717, 1.165) is 26.2 Å². The van der Waals surface area contributed by atoms with Crippen molar-refractivity contribution in [2.75, 3.05) is 32.7 Å². The van der Waals surface area contributed by atoms with E-state index < -0.39 is 0 Å². The predicted octanol–water partition coefficient (Wildman–Crippen LogP) is 3.16. The van der Waals surface area contributed by atoms with Gasteiger partial charge in [0.15, 0.2) is 0 Å². The molecule has 1 saturated heterocycles. The van der Waals surface area contributed by atoms with Crippen LogP contribution < -0.4 is 0 Å². The van der Waals surface area contributed by atoms with Crippen molar-refractivity contribution >= 4 is 16.8 Å². The van der Waals surface area contributed by atoms with Gasteiger partial charge in [0, 0.05) is 26.2 Å². The molecule has 0 radical (unpaired) electrons. The summed E-state index contributed by atoms with van der Waals surface area (Å²) in [6, 6.07) is 21.5. The number of piperazine rings is 1. The fourth-order valence-electron chi connectivity index (χ4n) is 3.24. The number of rotatable bonds is 5. The lowest BCUT2D eigenvalue weighted by Crippen LogP contribution is -2.48. The third-order valence-electron chi connectivity index (χ3n) is 4.35. The number of carbonyl (C=O) groups is 1. The van der Waals surface area contributed by atoms with Crippen LogP contribution in [0.3, 0.4) is 0 Å². The number of halogens is 1. The maximum Gasteiger partial charge on any atom is 0.235 e. The summed E-state index contributed by atoms with van der Waals surface area (Å²) in [6.07, 6.45) is 0. The molecule has 23 heavy (non-hydrogen) atoms. The zero-order chi connectivity index (χ0) is 16.1. The topological polar surface area (TPSA) is 23.6 Å². The maximum atomic E-state index is 11.1. The predicted molar refractivity (Wildman–Crippen MR) is 93.6 cm³/mol. The van der Waals surface area contributed by atoms with Crippen molar-refractivity contribution in [1.82, 2.24) is 9.80 Å². The number of benzene rings is 2. The Morgan fingerprint density at radius 2 is 1.35 bits per heavy atom. The van der Waals surface area contributed by atoms with Gasteiger partial charge in [0.1, 0.15) is 0 Å². The van der Waals surface area contributed by atoms with E-state index in [2.05, 4.69) is 70.5 Å². The van der Waals surface area contributed by atoms with Crippen LogP contribution in [0.5, 0.6) is 0 Å². The molecular weight excluding hydrogens is 308 g/mol. The highest BCUT2D eigenvalue weighted by Crippen LogP contribution is 2.29. The van der Waals surface area contributed by atoms with E-state index in [1.165, 1.54) is 11.1 Å². The van der Waals surface area contributed by atoms with Gasteiger partial charge in [-0.05, 0) is 22.7 Å². The molecule has 0 N–H and O–H groups in total. The average Bonchev–Trinajstić information content (AvgIpc) is 2.58. The van der Waals surface area contributed by atoms with E-state index in [1.54, 1.807) is 0 Å². The summed E-state index contributed by atoms with van der Waals surface area (Å²) in [7, 11) is 0. The largest absolute Gasteiger partial charge is 0.292 e. The lowest BCUT2D eigenvalue weighted by atomic mass is 9.96. The molecule has 3 nitrogen and oxygen atoms in total. The number of carbonyl (C=O) groups excluding carboxylic acids is 1. The zero-order valence-electron chi connectivity index (χ0n) is 13.1. The van der Waals surface area contributed by atoms with Crippen molar-refractivity contribution in [2.45, 2.75) is 6.04 Å². The second-order valence-electron chi connectivity index (χ2n) is 5.89. The lowest BCUT2D eigenvalue weighted by Gasteiger charge is -2.39. The molecule has 2 aromatic rings. The third kappa shape index (κ3) is 4.20. The van der Waals surface area contributed by atoms with Gasteiger partial charge < -0.3 is 0 Å². The highest BCUT2D eigenvalue weighted by Gasteiger charge is 2.26. The molecule has 0 unspecified atom stereocenters. The Hall–Kier alpha value is -1.68. The third-order valence-corrected chi connectivity index (χ3v) is 4.47. The highest BCUT2D eigenvalue weighted by molar-refractivity contribution is 6.64. The quantitative estimate of drug-likeness (QED) is 0.788. The second kappa shape index (κ2) is 7.73. The van der Waals surface area contributed by atoms with Gasteiger partial charge in [0.25, 0.3) is 0 Å². The Kier molecular flexibility index (Phi) is 5.44. The SMILES string of the molecule is O=C(Cl)CN1CCN(C(c2ccccc2)c2ccccc2)CC1. The highest BCUT2D eigenvalue weighted by atomic mass is 35.5. The van der Waals surface area contributed by atoms with Crippen LogP contribution in [0.4, 0.5) is 0 Å². The zero-order valence-corrected chi connectivity index (χ0v) is 13.8. The molecular formula is C19H21ClN2O. The second-order valence-corrected chi connectivity index (χ2v) is 6.31. The summed E-state index contributed by atoms with van der Waals surface area (Å²) in [5.41, 5.74) is 2.61. The molecule has 4 heteroatoms. The minimum atomic E-state index is -0.277. The van der Waals surface area contributed by atoms with Crippen LogP contribution in [-0.2, 0) is 4.79 Å². The Morgan fingerprint density at radius 1 is 0.870 bits per heavy atom. The van der Waals surface area contributed by atoms with Crippen LogP contribution >= 0.6 is 11.6 Å². The van der Waals surface area contributed by atoms with Gasteiger partial charge >= 0.3 is 0 Å². The first-order valence-corrected chi connectivity index (χ1v) is 8.36. The van der Waals surface area contributed by atoms with Crippen LogP contribution in [0.15, 0.2) is 60.7 Å². The average molecular weight is 329 g/mol. The van der Waals surface area contributed by atoms with E-state index in [4.69, 9.17) is 11.6 Å². The van der Waals surface area contributed by atoms with Crippen molar-refractivity contribution in [1.29, 1.82) is 0 Å². The Bertz CT molecular complexity index is 585. The molecule has 0 saturated carbocycles. The van der Waals surface area contributed by atoms with E-state index in [-0.39, 0.29) is 11.3 Å². The fourth-order valence-corrected chi connectivity index (χ4v) is 3.41. The van der Waals surface area contributed by atoms with E-state index in [1.807, 2.05) is 0 Å². The summed E-state index contributed by atoms with van der Waals surface area (Å²) in [5, 5.41) is -0.277. The lowest BCUT2D eigenvalue weighted by molar-refractivity contribution is -0.113. The molecule has 3 rings (SSSR count). The smallest absolute Gasteiger partial charge is 0.235 e. The van der Waals surface area contributed by atoms with E-state index in [0.29, 0.717) is 6.54 Å². The van der Waals surface area contributed by atoms with Gasteiger partial charge in [0.05, 0.1) is 12.6 Å². The van der Waals surface area contributed by atoms with Crippen molar-refractivity contribution in [3.63, 3.8) is 0 Å². The molecule has 0 aliphatic carbocycles. The molecule has 1 heterocycles. The van der Waals surface area contributed by atoms with Crippen LogP contribution in [0.25, 0.3) is 0 Å². The van der Waals surface area contributed by atoms with Crippen molar-refractivity contribution in [3.05, 3.63) is 71.8 Å². The minimum absolute atomic E-state index is 0.256. The number of hydrogen-bond acceptors (Lipinski definition) is 3. The van der Waals surface area contributed by atoms with E-state index in [9.17, 15) is 4.79 Å². The summed E-state index contributed by atoms with van der Waals surface area (Å²) < 4.78 is 0. The first-order valence-electron chi connectivity index (χ1n) is 7.98. The number of nitrogens with zero attached hydrogens (tertiary/aromatic N) is 2. The fraction of sp³-hybridized carbons (Fsp3) is 0.316. The van der Waals surface area contributed by atoms with Gasteiger partial charge in [-0.15, -0.1) is 0 Å². The number of hydrogen-bond donors (Lipinski definition) is 0. The summed E-state index contributed by atoms with van der Waals surface area (Å²) >= 11 is 5.51. The van der Waals surface area contributed by atoms with Gasteiger partial charge in [0.2, 0.25) is 5.24 Å². The molecule has 1 aliphatic rings. The van der Waals surface area contributed by atoms with Crippen molar-refractivity contribution < 1.29 is 4.79 Å². The van der Waals surface area contributed by atoms with Crippen LogP contribution in [0.1, 0.15) is 17.2 Å². The van der Waals surface area contributed by atoms with Crippen LogP contribution in [0.2, 0.25) is 0 Å². The molecule has 0 atom stereocenters. The van der Waals surface area contributed by atoms with Gasteiger partial charge in [-0.3, -0.25) is 14.6 Å². The van der Waals surface area contributed by atoms with Gasteiger partial charge in [-0.25, -0.2) is 0 Å². The Labute approximate surface area is 142 Å². The van der Waals surface area contributed by atoms with Crippen LogP contribution in [-0.4, -0.2) is 47.8 Å².